The van der Waals surface area contributed by atoms with Gasteiger partial charge in [-0.2, -0.15) is 4.98 Å². The first-order valence-electron chi connectivity index (χ1n) is 7.69. The average molecular weight is 298 g/mol. The van der Waals surface area contributed by atoms with Crippen molar-refractivity contribution in [2.24, 2.45) is 5.73 Å². The SMILES string of the molecule is NC1(c2noc(CCc3nc4ccccc4o3)n2)CCCC1. The van der Waals surface area contributed by atoms with Crippen LogP contribution < -0.4 is 5.73 Å². The van der Waals surface area contributed by atoms with Gasteiger partial charge < -0.3 is 14.7 Å². The van der Waals surface area contributed by atoms with Crippen LogP contribution in [0, 0.1) is 0 Å². The van der Waals surface area contributed by atoms with E-state index in [1.807, 2.05) is 24.3 Å². The Kier molecular flexibility index (Phi) is 3.18. The van der Waals surface area contributed by atoms with Crippen LogP contribution >= 0.6 is 0 Å². The van der Waals surface area contributed by atoms with E-state index in [-0.39, 0.29) is 0 Å². The highest BCUT2D eigenvalue weighted by molar-refractivity contribution is 5.72. The first-order chi connectivity index (χ1) is 10.7. The summed E-state index contributed by atoms with van der Waals surface area (Å²) in [5.41, 5.74) is 7.61. The molecule has 6 nitrogen and oxygen atoms in total. The Morgan fingerprint density at radius 2 is 1.82 bits per heavy atom. The van der Waals surface area contributed by atoms with Crippen LogP contribution in [0.4, 0.5) is 0 Å². The summed E-state index contributed by atoms with van der Waals surface area (Å²) in [5, 5.41) is 4.06. The minimum absolute atomic E-state index is 0.403. The van der Waals surface area contributed by atoms with Crippen molar-refractivity contribution in [2.75, 3.05) is 0 Å². The van der Waals surface area contributed by atoms with Crippen molar-refractivity contribution in [3.8, 4) is 0 Å². The molecule has 0 saturated heterocycles. The second-order valence-corrected chi connectivity index (χ2v) is 5.95. The molecule has 1 aliphatic carbocycles. The largest absolute Gasteiger partial charge is 0.441 e. The summed E-state index contributed by atoms with van der Waals surface area (Å²) >= 11 is 0. The molecule has 114 valence electrons. The van der Waals surface area contributed by atoms with Crippen LogP contribution in [0.1, 0.15) is 43.3 Å². The van der Waals surface area contributed by atoms with E-state index in [9.17, 15) is 0 Å². The van der Waals surface area contributed by atoms with Gasteiger partial charge in [0.1, 0.15) is 5.52 Å². The maximum absolute atomic E-state index is 6.34. The Hall–Kier alpha value is -2.21. The third kappa shape index (κ3) is 2.39. The van der Waals surface area contributed by atoms with Gasteiger partial charge in [0, 0.05) is 12.8 Å². The molecule has 1 saturated carbocycles. The summed E-state index contributed by atoms with van der Waals surface area (Å²) in [6.45, 7) is 0. The molecule has 0 unspecified atom stereocenters. The average Bonchev–Trinajstić information content (AvgIpc) is 3.24. The first-order valence-corrected chi connectivity index (χ1v) is 7.69. The molecule has 1 fully saturated rings. The van der Waals surface area contributed by atoms with Gasteiger partial charge >= 0.3 is 0 Å². The fourth-order valence-corrected chi connectivity index (χ4v) is 3.03. The van der Waals surface area contributed by atoms with Crippen LogP contribution in [-0.2, 0) is 18.4 Å². The zero-order valence-corrected chi connectivity index (χ0v) is 12.3. The molecule has 1 aromatic carbocycles. The third-order valence-electron chi connectivity index (χ3n) is 4.30. The second kappa shape index (κ2) is 5.21. The van der Waals surface area contributed by atoms with Gasteiger partial charge in [-0.05, 0) is 25.0 Å². The van der Waals surface area contributed by atoms with Crippen LogP contribution in [0.2, 0.25) is 0 Å². The molecule has 2 heterocycles. The van der Waals surface area contributed by atoms with Gasteiger partial charge in [-0.25, -0.2) is 4.98 Å². The molecule has 0 amide bonds. The van der Waals surface area contributed by atoms with E-state index >= 15 is 0 Å². The maximum Gasteiger partial charge on any atom is 0.227 e. The predicted octanol–water partition coefficient (Wildman–Crippen LogP) is 2.72. The van der Waals surface area contributed by atoms with E-state index in [2.05, 4.69) is 15.1 Å². The topological polar surface area (TPSA) is 91.0 Å². The highest BCUT2D eigenvalue weighted by Crippen LogP contribution is 2.34. The standard InChI is InChI=1S/C16H18N4O2/c17-16(9-3-4-10-16)15-19-14(22-20-15)8-7-13-18-11-5-1-2-6-12(11)21-13/h1-2,5-6H,3-4,7-10,17H2. The number of nitrogens with zero attached hydrogens (tertiary/aromatic N) is 3. The van der Waals surface area contributed by atoms with Crippen molar-refractivity contribution in [3.63, 3.8) is 0 Å². The van der Waals surface area contributed by atoms with Crippen LogP contribution in [0.25, 0.3) is 11.1 Å². The molecule has 0 atom stereocenters. The molecule has 1 aliphatic rings. The number of hydrogen-bond acceptors (Lipinski definition) is 6. The number of nitrogens with two attached hydrogens (primary N) is 1. The van der Waals surface area contributed by atoms with E-state index in [0.717, 1.165) is 36.8 Å². The number of aromatic nitrogens is 3. The molecular formula is C16H18N4O2. The van der Waals surface area contributed by atoms with Crippen LogP contribution in [0.3, 0.4) is 0 Å². The van der Waals surface area contributed by atoms with E-state index in [1.165, 1.54) is 0 Å². The van der Waals surface area contributed by atoms with Crippen molar-refractivity contribution >= 4 is 11.1 Å². The summed E-state index contributed by atoms with van der Waals surface area (Å²) in [6, 6.07) is 7.73. The van der Waals surface area contributed by atoms with Gasteiger partial charge in [-0.1, -0.05) is 30.1 Å². The lowest BCUT2D eigenvalue weighted by atomic mass is 9.99. The lowest BCUT2D eigenvalue weighted by Crippen LogP contribution is -2.34. The van der Waals surface area contributed by atoms with E-state index in [4.69, 9.17) is 14.7 Å². The fourth-order valence-electron chi connectivity index (χ4n) is 3.03. The summed E-state index contributed by atoms with van der Waals surface area (Å²) in [5.74, 6) is 1.91. The molecule has 4 rings (SSSR count). The predicted molar refractivity (Wildman–Crippen MR) is 80.0 cm³/mol. The minimum Gasteiger partial charge on any atom is -0.441 e. The molecule has 0 bridgehead atoms. The Balaban J connectivity index is 1.46. The summed E-state index contributed by atoms with van der Waals surface area (Å²) in [6.07, 6.45) is 5.35. The molecule has 3 aromatic rings. The van der Waals surface area contributed by atoms with Gasteiger partial charge in [-0.15, -0.1) is 0 Å². The van der Waals surface area contributed by atoms with Crippen LogP contribution in [0.15, 0.2) is 33.2 Å². The molecule has 22 heavy (non-hydrogen) atoms. The van der Waals surface area contributed by atoms with Gasteiger partial charge in [0.2, 0.25) is 5.89 Å². The molecule has 2 aromatic heterocycles. The molecule has 2 N–H and O–H groups in total. The molecular weight excluding hydrogens is 280 g/mol. The van der Waals surface area contributed by atoms with E-state index in [1.54, 1.807) is 0 Å². The summed E-state index contributed by atoms with van der Waals surface area (Å²) < 4.78 is 11.0. The smallest absolute Gasteiger partial charge is 0.227 e. The third-order valence-corrected chi connectivity index (χ3v) is 4.30. The minimum atomic E-state index is -0.403. The van der Waals surface area contributed by atoms with Crippen molar-refractivity contribution in [2.45, 2.75) is 44.1 Å². The van der Waals surface area contributed by atoms with Gasteiger partial charge in [0.05, 0.1) is 5.54 Å². The highest BCUT2D eigenvalue weighted by Gasteiger charge is 2.35. The Morgan fingerprint density at radius 1 is 1.05 bits per heavy atom. The van der Waals surface area contributed by atoms with Crippen molar-refractivity contribution in [3.05, 3.63) is 41.9 Å². The van der Waals surface area contributed by atoms with E-state index < -0.39 is 5.54 Å². The summed E-state index contributed by atoms with van der Waals surface area (Å²) in [7, 11) is 0. The van der Waals surface area contributed by atoms with Crippen molar-refractivity contribution < 1.29 is 8.94 Å². The zero-order chi connectivity index (χ0) is 15.0. The quantitative estimate of drug-likeness (QED) is 0.796. The summed E-state index contributed by atoms with van der Waals surface area (Å²) in [4.78, 5) is 8.91. The normalized spacial score (nSPS) is 17.3. The van der Waals surface area contributed by atoms with Crippen LogP contribution in [0.5, 0.6) is 0 Å². The monoisotopic (exact) mass is 298 g/mol. The molecule has 0 aliphatic heterocycles. The number of aryl methyl sites for hydroxylation is 2. The lowest BCUT2D eigenvalue weighted by Gasteiger charge is -2.17. The number of fused-ring (bicyclic) bond motifs is 1. The number of hydrogen-bond donors (Lipinski definition) is 1. The molecule has 6 heteroatoms. The zero-order valence-electron chi connectivity index (χ0n) is 12.3. The number of oxazole rings is 1. The fraction of sp³-hybridized carbons (Fsp3) is 0.438. The van der Waals surface area contributed by atoms with Crippen molar-refractivity contribution in [1.29, 1.82) is 0 Å². The Bertz CT molecular complexity index is 753. The molecule has 0 radical (unpaired) electrons. The second-order valence-electron chi connectivity index (χ2n) is 5.95. The number of para-hydroxylation sites is 2. The van der Waals surface area contributed by atoms with Gasteiger partial charge in [0.25, 0.3) is 0 Å². The Labute approximate surface area is 127 Å². The van der Waals surface area contributed by atoms with Gasteiger partial charge in [0.15, 0.2) is 17.3 Å². The maximum atomic E-state index is 6.34. The van der Waals surface area contributed by atoms with Crippen LogP contribution in [-0.4, -0.2) is 15.1 Å². The first kappa shape index (κ1) is 13.5. The molecule has 0 spiro atoms. The van der Waals surface area contributed by atoms with E-state index in [0.29, 0.717) is 30.4 Å². The van der Waals surface area contributed by atoms with Crippen molar-refractivity contribution in [1.82, 2.24) is 15.1 Å². The Morgan fingerprint density at radius 3 is 2.64 bits per heavy atom. The van der Waals surface area contributed by atoms with Gasteiger partial charge in [-0.3, -0.25) is 0 Å². The highest BCUT2D eigenvalue weighted by atomic mass is 16.5. The number of rotatable bonds is 4. The lowest BCUT2D eigenvalue weighted by molar-refractivity contribution is 0.346. The number of benzene rings is 1.